The summed E-state index contributed by atoms with van der Waals surface area (Å²) in [6.07, 6.45) is 8.37. The van der Waals surface area contributed by atoms with Crippen LogP contribution >= 0.6 is 0 Å². The summed E-state index contributed by atoms with van der Waals surface area (Å²) < 4.78 is 2.28. The molecule has 1 atom stereocenters. The molecule has 16 heavy (non-hydrogen) atoms. The molecule has 0 saturated heterocycles. The lowest BCUT2D eigenvalue weighted by Crippen LogP contribution is -2.26. The summed E-state index contributed by atoms with van der Waals surface area (Å²) in [5, 5.41) is 12.2. The number of nitrogens with zero attached hydrogens (tertiary/aromatic N) is 2. The second-order valence-electron chi connectivity index (χ2n) is 4.67. The molecule has 0 spiro atoms. The Kier molecular flexibility index (Phi) is 3.96. The van der Waals surface area contributed by atoms with Crippen molar-refractivity contribution in [3.63, 3.8) is 0 Å². The zero-order valence-electron chi connectivity index (χ0n) is 9.89. The highest BCUT2D eigenvalue weighted by Gasteiger charge is 2.24. The molecule has 1 saturated carbocycles. The van der Waals surface area contributed by atoms with Gasteiger partial charge in [-0.1, -0.05) is 0 Å². The van der Waals surface area contributed by atoms with Gasteiger partial charge in [0.25, 0.3) is 0 Å². The minimum absolute atomic E-state index is 0.284. The number of hydrogen-bond acceptors (Lipinski definition) is 3. The molecule has 1 heterocycles. The van der Waals surface area contributed by atoms with E-state index in [2.05, 4.69) is 21.8 Å². The molecule has 4 heteroatoms. The maximum atomic E-state index is 8.75. The van der Waals surface area contributed by atoms with Gasteiger partial charge in [-0.25, -0.2) is 4.98 Å². The molecule has 2 rings (SSSR count). The molecule has 0 radical (unpaired) electrons. The van der Waals surface area contributed by atoms with Crippen LogP contribution in [0.1, 0.15) is 44.3 Å². The second kappa shape index (κ2) is 5.46. The number of hydrogen-bond donors (Lipinski definition) is 2. The summed E-state index contributed by atoms with van der Waals surface area (Å²) in [5.74, 6) is 0. The lowest BCUT2D eigenvalue weighted by Gasteiger charge is -2.14. The van der Waals surface area contributed by atoms with Gasteiger partial charge in [0, 0.05) is 31.4 Å². The Morgan fingerprint density at radius 3 is 3.12 bits per heavy atom. The lowest BCUT2D eigenvalue weighted by molar-refractivity contribution is 0.276. The van der Waals surface area contributed by atoms with Crippen molar-refractivity contribution in [3.05, 3.63) is 18.2 Å². The molecule has 0 amide bonds. The van der Waals surface area contributed by atoms with Gasteiger partial charge in [0.2, 0.25) is 0 Å². The first-order valence-electron chi connectivity index (χ1n) is 6.16. The summed E-state index contributed by atoms with van der Waals surface area (Å²) in [6.45, 7) is 3.32. The van der Waals surface area contributed by atoms with Gasteiger partial charge in [-0.3, -0.25) is 0 Å². The van der Waals surface area contributed by atoms with Gasteiger partial charge < -0.3 is 15.0 Å². The van der Waals surface area contributed by atoms with Gasteiger partial charge in [0.05, 0.1) is 12.0 Å². The van der Waals surface area contributed by atoms with Gasteiger partial charge >= 0.3 is 0 Å². The molecule has 4 nitrogen and oxygen atoms in total. The third kappa shape index (κ3) is 3.06. The first-order chi connectivity index (χ1) is 7.81. The largest absolute Gasteiger partial charge is 0.396 e. The molecular formula is C12H21N3O. The van der Waals surface area contributed by atoms with E-state index >= 15 is 0 Å². The molecule has 0 aliphatic heterocycles. The van der Waals surface area contributed by atoms with Crippen molar-refractivity contribution in [2.75, 3.05) is 6.61 Å². The fourth-order valence-corrected chi connectivity index (χ4v) is 1.93. The number of nitrogens with one attached hydrogen (secondary N) is 1. The summed E-state index contributed by atoms with van der Waals surface area (Å²) in [4.78, 5) is 4.21. The highest BCUT2D eigenvalue weighted by molar-refractivity contribution is 5.03. The van der Waals surface area contributed by atoms with Gasteiger partial charge in [0.1, 0.15) is 0 Å². The van der Waals surface area contributed by atoms with E-state index in [1.807, 2.05) is 12.5 Å². The van der Waals surface area contributed by atoms with E-state index in [1.165, 1.54) is 18.5 Å². The Morgan fingerprint density at radius 1 is 1.62 bits per heavy atom. The maximum Gasteiger partial charge on any atom is 0.0951 e. The molecule has 2 N–H and O–H groups in total. The molecule has 1 aromatic rings. The third-order valence-corrected chi connectivity index (χ3v) is 3.11. The lowest BCUT2D eigenvalue weighted by atomic mass is 10.2. The highest BCUT2D eigenvalue weighted by Crippen LogP contribution is 2.35. The number of aliphatic hydroxyl groups is 1. The van der Waals surface area contributed by atoms with Gasteiger partial charge in [-0.05, 0) is 32.6 Å². The van der Waals surface area contributed by atoms with Gasteiger partial charge in [-0.15, -0.1) is 0 Å². The summed E-state index contributed by atoms with van der Waals surface area (Å²) in [7, 11) is 0. The van der Waals surface area contributed by atoms with Crippen LogP contribution in [0.5, 0.6) is 0 Å². The van der Waals surface area contributed by atoms with E-state index < -0.39 is 0 Å². The molecule has 1 aliphatic carbocycles. The quantitative estimate of drug-likeness (QED) is 0.736. The van der Waals surface area contributed by atoms with Gasteiger partial charge in [0.15, 0.2) is 0 Å². The first-order valence-corrected chi connectivity index (χ1v) is 6.16. The van der Waals surface area contributed by atoms with Crippen LogP contribution in [-0.4, -0.2) is 27.3 Å². The van der Waals surface area contributed by atoms with Crippen molar-refractivity contribution in [1.29, 1.82) is 0 Å². The Morgan fingerprint density at radius 2 is 2.44 bits per heavy atom. The van der Waals surface area contributed by atoms with Crippen LogP contribution < -0.4 is 5.32 Å². The van der Waals surface area contributed by atoms with Crippen LogP contribution in [0, 0.1) is 0 Å². The van der Waals surface area contributed by atoms with Crippen molar-refractivity contribution < 1.29 is 5.11 Å². The fourth-order valence-electron chi connectivity index (χ4n) is 1.93. The average Bonchev–Trinajstić information content (AvgIpc) is 3.03. The fraction of sp³-hybridized carbons (Fsp3) is 0.750. The minimum atomic E-state index is 0.284. The van der Waals surface area contributed by atoms with Crippen LogP contribution in [-0.2, 0) is 6.54 Å². The summed E-state index contributed by atoms with van der Waals surface area (Å²) in [5.41, 5.74) is 1.28. The smallest absolute Gasteiger partial charge is 0.0951 e. The van der Waals surface area contributed by atoms with Crippen LogP contribution in [0.25, 0.3) is 0 Å². The van der Waals surface area contributed by atoms with Gasteiger partial charge in [-0.2, -0.15) is 0 Å². The second-order valence-corrected chi connectivity index (χ2v) is 4.67. The maximum absolute atomic E-state index is 8.75. The number of aromatic nitrogens is 2. The van der Waals surface area contributed by atoms with Crippen molar-refractivity contribution in [3.8, 4) is 0 Å². The zero-order valence-corrected chi connectivity index (χ0v) is 9.89. The number of rotatable bonds is 7. The van der Waals surface area contributed by atoms with Crippen molar-refractivity contribution in [2.24, 2.45) is 0 Å². The Hall–Kier alpha value is -0.870. The van der Waals surface area contributed by atoms with Crippen LogP contribution in [0.3, 0.4) is 0 Å². The molecule has 1 fully saturated rings. The standard InChI is InChI=1S/C12H21N3O/c1-10(3-2-6-16)14-8-12-7-13-9-15(12)11-4-5-11/h7,9-11,14,16H,2-6,8H2,1H3. The number of imidazole rings is 1. The van der Waals surface area contributed by atoms with Crippen LogP contribution in [0.4, 0.5) is 0 Å². The van der Waals surface area contributed by atoms with Crippen molar-refractivity contribution in [1.82, 2.24) is 14.9 Å². The predicted octanol–water partition coefficient (Wildman–Crippen LogP) is 1.47. The van der Waals surface area contributed by atoms with E-state index in [-0.39, 0.29) is 6.61 Å². The van der Waals surface area contributed by atoms with E-state index in [0.29, 0.717) is 12.1 Å². The van der Waals surface area contributed by atoms with Crippen molar-refractivity contribution >= 4 is 0 Å². The topological polar surface area (TPSA) is 50.1 Å². The van der Waals surface area contributed by atoms with Crippen LogP contribution in [0.2, 0.25) is 0 Å². The Balaban J connectivity index is 1.77. The van der Waals surface area contributed by atoms with E-state index in [0.717, 1.165) is 19.4 Å². The Bertz CT molecular complexity index is 320. The zero-order chi connectivity index (χ0) is 11.4. The third-order valence-electron chi connectivity index (χ3n) is 3.11. The normalized spacial score (nSPS) is 17.6. The summed E-state index contributed by atoms with van der Waals surface area (Å²) >= 11 is 0. The molecule has 1 aromatic heterocycles. The molecular weight excluding hydrogens is 202 g/mol. The van der Waals surface area contributed by atoms with E-state index in [4.69, 9.17) is 5.11 Å². The Labute approximate surface area is 96.7 Å². The first kappa shape index (κ1) is 11.6. The highest BCUT2D eigenvalue weighted by atomic mass is 16.2. The monoisotopic (exact) mass is 223 g/mol. The van der Waals surface area contributed by atoms with E-state index in [1.54, 1.807) is 0 Å². The molecule has 1 unspecified atom stereocenters. The van der Waals surface area contributed by atoms with E-state index in [9.17, 15) is 0 Å². The molecule has 0 aromatic carbocycles. The number of aliphatic hydroxyl groups excluding tert-OH is 1. The van der Waals surface area contributed by atoms with Crippen LogP contribution in [0.15, 0.2) is 12.5 Å². The molecule has 90 valence electrons. The summed E-state index contributed by atoms with van der Waals surface area (Å²) in [6, 6.07) is 1.15. The van der Waals surface area contributed by atoms with Crippen molar-refractivity contribution in [2.45, 2.75) is 51.2 Å². The molecule has 0 bridgehead atoms. The predicted molar refractivity (Wildman–Crippen MR) is 63.1 cm³/mol. The average molecular weight is 223 g/mol. The molecule has 1 aliphatic rings. The SMILES string of the molecule is CC(CCCO)NCc1cncn1C1CC1. The minimum Gasteiger partial charge on any atom is -0.396 e.